The third kappa shape index (κ3) is 6.14. The zero-order valence-corrected chi connectivity index (χ0v) is 30.4. The second-order valence-electron chi connectivity index (χ2n) is 13.8. The number of rotatable bonds is 8. The molecule has 0 bridgehead atoms. The van der Waals surface area contributed by atoms with Crippen molar-refractivity contribution >= 4 is 38.9 Å². The second kappa shape index (κ2) is 14.4. The first-order valence-corrected chi connectivity index (χ1v) is 18.8. The van der Waals surface area contributed by atoms with Gasteiger partial charge in [-0.15, -0.1) is 0 Å². The Balaban J connectivity index is 1.08. The van der Waals surface area contributed by atoms with Gasteiger partial charge in [0.1, 0.15) is 0 Å². The first kappa shape index (κ1) is 28.1. The maximum Gasteiger partial charge on any atom is 0.0629 e. The molecule has 0 amide bonds. The Hall–Kier alpha value is -7.42. The van der Waals surface area contributed by atoms with Crippen LogP contribution in [-0.2, 0) is 0 Å². The van der Waals surface area contributed by atoms with Gasteiger partial charge in [-0.1, -0.05) is 176 Å². The van der Waals surface area contributed by atoms with Gasteiger partial charge in [-0.3, -0.25) is 0 Å². The molecule has 0 aliphatic heterocycles. The minimum absolute atomic E-state index is 0.183. The van der Waals surface area contributed by atoms with Crippen molar-refractivity contribution in [2.45, 2.75) is 0 Å². The Kier molecular flexibility index (Phi) is 7.24. The number of benzene rings is 9. The van der Waals surface area contributed by atoms with E-state index in [0.29, 0.717) is 5.56 Å². The first-order valence-electron chi connectivity index (χ1n) is 21.3. The second-order valence-corrected chi connectivity index (χ2v) is 13.8. The number of hydrogen-bond acceptors (Lipinski definition) is 1. The Morgan fingerprint density at radius 2 is 0.804 bits per heavy atom. The summed E-state index contributed by atoms with van der Waals surface area (Å²) in [5, 5.41) is 2.06. The van der Waals surface area contributed by atoms with E-state index in [1.54, 1.807) is 0 Å². The highest BCUT2D eigenvalue weighted by atomic mass is 15.1. The standard InChI is InChI=1S/C54H38N2/c1-4-14-39(15-5-1)42-24-31-46(32-25-42)55(47-33-26-43(27-34-47)40-16-6-2-7-17-40)48-35-28-44(29-36-48)49-20-10-12-22-52(49)56-53-23-13-11-21-50(53)51-37-30-45(38-54(51)56)41-18-8-3-9-19-41/h1-38H/i3D,8D,9D,18D,19D. The summed E-state index contributed by atoms with van der Waals surface area (Å²) in [4.78, 5) is 2.28. The van der Waals surface area contributed by atoms with Crippen LogP contribution in [0.15, 0.2) is 230 Å². The highest BCUT2D eigenvalue weighted by Crippen LogP contribution is 2.40. The van der Waals surface area contributed by atoms with Gasteiger partial charge in [0.15, 0.2) is 0 Å². The van der Waals surface area contributed by atoms with E-state index in [4.69, 9.17) is 6.85 Å². The SMILES string of the molecule is [2H]c1c([2H])c([2H])c(-c2ccc3c4ccccc4n(-c4ccccc4-c4ccc(N(c5ccc(-c6ccccc6)cc5)c5ccc(-c6ccccc6)cc5)cc4)c3c2)c([2H])c1[2H]. The summed E-state index contributed by atoms with van der Waals surface area (Å²) < 4.78 is 44.5. The van der Waals surface area contributed by atoms with E-state index in [9.17, 15) is 0 Å². The number of fused-ring (bicyclic) bond motifs is 3. The van der Waals surface area contributed by atoms with Gasteiger partial charge in [0.05, 0.1) is 23.6 Å². The van der Waals surface area contributed by atoms with E-state index in [2.05, 4.69) is 155 Å². The Labute approximate surface area is 334 Å². The molecule has 1 aromatic heterocycles. The van der Waals surface area contributed by atoms with E-state index >= 15 is 0 Å². The number of anilines is 3. The third-order valence-corrected chi connectivity index (χ3v) is 10.5. The van der Waals surface area contributed by atoms with Gasteiger partial charge in [-0.05, 0) is 93.5 Å². The zero-order chi connectivity index (χ0) is 41.6. The molecule has 0 saturated carbocycles. The third-order valence-electron chi connectivity index (χ3n) is 10.5. The maximum absolute atomic E-state index is 8.72. The van der Waals surface area contributed by atoms with Crippen LogP contribution in [0, 0.1) is 0 Å². The van der Waals surface area contributed by atoms with E-state index in [0.717, 1.165) is 66.8 Å². The molecular weight excluding hydrogens is 677 g/mol. The van der Waals surface area contributed by atoms with Crippen LogP contribution in [-0.4, -0.2) is 4.57 Å². The van der Waals surface area contributed by atoms with Crippen LogP contribution in [0.1, 0.15) is 6.85 Å². The lowest BCUT2D eigenvalue weighted by Crippen LogP contribution is -2.09. The summed E-state index contributed by atoms with van der Waals surface area (Å²) in [6.07, 6.45) is 0. The molecule has 0 saturated heterocycles. The van der Waals surface area contributed by atoms with Crippen molar-refractivity contribution in [3.63, 3.8) is 0 Å². The van der Waals surface area contributed by atoms with Crippen LogP contribution < -0.4 is 4.90 Å². The first-order chi connectivity index (χ1) is 29.9. The molecule has 10 aromatic rings. The average Bonchev–Trinajstić information content (AvgIpc) is 3.65. The Bertz CT molecular complexity index is 3100. The predicted octanol–water partition coefficient (Wildman–Crippen LogP) is 14.9. The number of nitrogens with zero attached hydrogens (tertiary/aromatic N) is 2. The van der Waals surface area contributed by atoms with Crippen molar-refractivity contribution in [1.82, 2.24) is 4.57 Å². The van der Waals surface area contributed by atoms with Crippen LogP contribution in [0.2, 0.25) is 0 Å². The summed E-state index contributed by atoms with van der Waals surface area (Å²) in [5.74, 6) is 0. The largest absolute Gasteiger partial charge is 0.311 e. The number of aromatic nitrogens is 1. The van der Waals surface area contributed by atoms with Gasteiger partial charge in [-0.2, -0.15) is 0 Å². The molecule has 2 heteroatoms. The smallest absolute Gasteiger partial charge is 0.0629 e. The Morgan fingerprint density at radius 3 is 1.41 bits per heavy atom. The fraction of sp³-hybridized carbons (Fsp3) is 0. The summed E-state index contributed by atoms with van der Waals surface area (Å²) in [5.41, 5.74) is 13.4. The van der Waals surface area contributed by atoms with Gasteiger partial charge < -0.3 is 9.47 Å². The fourth-order valence-corrected chi connectivity index (χ4v) is 7.80. The molecule has 1 heterocycles. The molecule has 0 atom stereocenters. The highest BCUT2D eigenvalue weighted by Gasteiger charge is 2.18. The molecule has 56 heavy (non-hydrogen) atoms. The van der Waals surface area contributed by atoms with E-state index in [1.165, 1.54) is 11.1 Å². The molecule has 0 radical (unpaired) electrons. The lowest BCUT2D eigenvalue weighted by atomic mass is 10.0. The van der Waals surface area contributed by atoms with E-state index in [1.807, 2.05) is 54.6 Å². The average molecular weight is 720 g/mol. The molecular formula is C54H38N2. The van der Waals surface area contributed by atoms with Crippen molar-refractivity contribution in [3.8, 4) is 50.2 Å². The lowest BCUT2D eigenvalue weighted by molar-refractivity contribution is 1.18. The quantitative estimate of drug-likeness (QED) is 0.152. The van der Waals surface area contributed by atoms with Crippen LogP contribution >= 0.6 is 0 Å². The minimum Gasteiger partial charge on any atom is -0.311 e. The van der Waals surface area contributed by atoms with E-state index in [-0.39, 0.29) is 29.7 Å². The van der Waals surface area contributed by atoms with Gasteiger partial charge in [0.2, 0.25) is 0 Å². The molecule has 10 rings (SSSR count). The molecule has 0 aliphatic carbocycles. The molecule has 0 spiro atoms. The van der Waals surface area contributed by atoms with Crippen LogP contribution in [0.4, 0.5) is 17.1 Å². The van der Waals surface area contributed by atoms with Crippen LogP contribution in [0.25, 0.3) is 72.0 Å². The number of para-hydroxylation sites is 2. The summed E-state index contributed by atoms with van der Waals surface area (Å²) in [7, 11) is 0. The Morgan fingerprint density at radius 1 is 0.339 bits per heavy atom. The molecule has 264 valence electrons. The molecule has 0 N–H and O–H groups in total. The van der Waals surface area contributed by atoms with Crippen LogP contribution in [0.3, 0.4) is 0 Å². The van der Waals surface area contributed by atoms with Gasteiger partial charge in [0.25, 0.3) is 0 Å². The highest BCUT2D eigenvalue weighted by molar-refractivity contribution is 6.10. The normalized spacial score (nSPS) is 12.5. The van der Waals surface area contributed by atoms with Crippen molar-refractivity contribution < 1.29 is 6.85 Å². The van der Waals surface area contributed by atoms with Gasteiger partial charge in [0, 0.05) is 33.4 Å². The predicted molar refractivity (Wildman–Crippen MR) is 237 cm³/mol. The van der Waals surface area contributed by atoms with Crippen molar-refractivity contribution in [2.24, 2.45) is 0 Å². The zero-order valence-electron chi connectivity index (χ0n) is 35.4. The van der Waals surface area contributed by atoms with Crippen molar-refractivity contribution in [3.05, 3.63) is 230 Å². The van der Waals surface area contributed by atoms with E-state index < -0.39 is 6.04 Å². The topological polar surface area (TPSA) is 8.17 Å². The monoisotopic (exact) mass is 719 g/mol. The number of hydrogen-bond donors (Lipinski definition) is 0. The minimum atomic E-state index is -0.404. The fourth-order valence-electron chi connectivity index (χ4n) is 7.80. The van der Waals surface area contributed by atoms with Gasteiger partial charge >= 0.3 is 0 Å². The molecule has 9 aromatic carbocycles. The van der Waals surface area contributed by atoms with Crippen LogP contribution in [0.5, 0.6) is 0 Å². The summed E-state index contributed by atoms with van der Waals surface area (Å²) in [6, 6.07) is 67.8. The molecule has 2 nitrogen and oxygen atoms in total. The molecule has 0 aliphatic rings. The molecule has 0 fully saturated rings. The maximum atomic E-state index is 8.72. The van der Waals surface area contributed by atoms with Crippen molar-refractivity contribution in [1.29, 1.82) is 0 Å². The van der Waals surface area contributed by atoms with Crippen molar-refractivity contribution in [2.75, 3.05) is 4.90 Å². The summed E-state index contributed by atoms with van der Waals surface area (Å²) >= 11 is 0. The van der Waals surface area contributed by atoms with Gasteiger partial charge in [-0.25, -0.2) is 0 Å². The lowest BCUT2D eigenvalue weighted by Gasteiger charge is -2.26. The summed E-state index contributed by atoms with van der Waals surface area (Å²) in [6.45, 7) is 0. The molecule has 0 unspecified atom stereocenters.